The lowest BCUT2D eigenvalue weighted by atomic mass is 9.96. The maximum absolute atomic E-state index is 11.8. The average molecular weight is 284 g/mol. The number of hydrogen-bond acceptors (Lipinski definition) is 3. The van der Waals surface area contributed by atoms with Crippen molar-refractivity contribution in [2.75, 3.05) is 25.5 Å². The van der Waals surface area contributed by atoms with Crippen molar-refractivity contribution in [2.45, 2.75) is 38.4 Å². The molecule has 7 heteroatoms. The van der Waals surface area contributed by atoms with Gasteiger partial charge >= 0.3 is 6.18 Å². The van der Waals surface area contributed by atoms with E-state index >= 15 is 0 Å². The number of rotatable bonds is 5. The summed E-state index contributed by atoms with van der Waals surface area (Å²) in [6.45, 7) is 3.28. The number of nitrogens with one attached hydrogen (secondary N) is 1. The van der Waals surface area contributed by atoms with Crippen LogP contribution in [0.5, 0.6) is 0 Å². The van der Waals surface area contributed by atoms with Crippen LogP contribution in [0.1, 0.15) is 26.7 Å². The van der Waals surface area contributed by atoms with Crippen molar-refractivity contribution in [1.82, 2.24) is 5.32 Å². The highest BCUT2D eigenvalue weighted by atomic mass is 32.2. The second kappa shape index (κ2) is 6.65. The maximum Gasteiger partial charge on any atom is 0.411 e. The van der Waals surface area contributed by atoms with Crippen LogP contribution in [-0.4, -0.2) is 42.4 Å². The van der Waals surface area contributed by atoms with Crippen molar-refractivity contribution in [3.8, 4) is 0 Å². The van der Waals surface area contributed by atoms with Gasteiger partial charge in [0.25, 0.3) is 0 Å². The fourth-order valence-electron chi connectivity index (χ4n) is 1.48. The Labute approximate surface area is 110 Å². The summed E-state index contributed by atoms with van der Waals surface area (Å²) in [6, 6.07) is 0. The first-order valence-electron chi connectivity index (χ1n) is 5.94. The second-order valence-electron chi connectivity index (χ2n) is 4.49. The number of thioether (sulfide) groups is 1. The molecule has 0 aromatic rings. The molecule has 1 rings (SSSR count). The van der Waals surface area contributed by atoms with Crippen LogP contribution in [0.15, 0.2) is 4.99 Å². The fraction of sp³-hybridized carbons (Fsp3) is 0.909. The molecule has 0 bridgehead atoms. The molecule has 0 aromatic heterocycles. The molecule has 1 fully saturated rings. The minimum atomic E-state index is -4.26. The van der Waals surface area contributed by atoms with Gasteiger partial charge in [-0.2, -0.15) is 13.2 Å². The van der Waals surface area contributed by atoms with Gasteiger partial charge in [-0.15, -0.1) is 0 Å². The number of hydrogen-bond donors (Lipinski definition) is 1. The van der Waals surface area contributed by atoms with Crippen LogP contribution in [0.2, 0.25) is 0 Å². The topological polar surface area (TPSA) is 33.6 Å². The van der Waals surface area contributed by atoms with Gasteiger partial charge in [-0.05, 0) is 19.8 Å². The molecule has 1 aliphatic rings. The van der Waals surface area contributed by atoms with Gasteiger partial charge in [0.15, 0.2) is 5.17 Å². The van der Waals surface area contributed by atoms with E-state index in [1.807, 2.05) is 0 Å². The first-order chi connectivity index (χ1) is 8.35. The van der Waals surface area contributed by atoms with Crippen molar-refractivity contribution in [3.05, 3.63) is 0 Å². The largest absolute Gasteiger partial charge is 0.411 e. The molecule has 1 heterocycles. The Morgan fingerprint density at radius 3 is 2.83 bits per heavy atom. The molecule has 3 nitrogen and oxygen atoms in total. The highest BCUT2D eigenvalue weighted by Gasteiger charge is 2.28. The normalized spacial score (nSPS) is 27.3. The van der Waals surface area contributed by atoms with Gasteiger partial charge in [0.05, 0.1) is 13.2 Å². The van der Waals surface area contributed by atoms with Gasteiger partial charge in [-0.1, -0.05) is 18.7 Å². The molecular formula is C11H19F3N2OS. The number of nitrogens with zero attached hydrogens (tertiary/aromatic N) is 1. The number of aliphatic imine (C=N–C) groups is 1. The van der Waals surface area contributed by atoms with Gasteiger partial charge in [0.2, 0.25) is 0 Å². The highest BCUT2D eigenvalue weighted by molar-refractivity contribution is 8.13. The lowest BCUT2D eigenvalue weighted by Crippen LogP contribution is -2.48. The molecule has 1 N–H and O–H groups in total. The third kappa shape index (κ3) is 5.95. The minimum absolute atomic E-state index is 0.00586. The lowest BCUT2D eigenvalue weighted by molar-refractivity contribution is -0.173. The summed E-state index contributed by atoms with van der Waals surface area (Å²) >= 11 is 1.61. The van der Waals surface area contributed by atoms with Gasteiger partial charge in [-0.25, -0.2) is 0 Å². The Balaban J connectivity index is 2.26. The Hall–Kier alpha value is -0.430. The van der Waals surface area contributed by atoms with Crippen molar-refractivity contribution < 1.29 is 17.9 Å². The number of amidine groups is 1. The predicted molar refractivity (Wildman–Crippen MR) is 68.1 cm³/mol. The first-order valence-corrected chi connectivity index (χ1v) is 6.93. The summed E-state index contributed by atoms with van der Waals surface area (Å²) in [7, 11) is 0. The van der Waals surface area contributed by atoms with E-state index in [0.29, 0.717) is 0 Å². The summed E-state index contributed by atoms with van der Waals surface area (Å²) < 4.78 is 39.9. The van der Waals surface area contributed by atoms with Crippen LogP contribution in [0.3, 0.4) is 0 Å². The smallest absolute Gasteiger partial charge is 0.370 e. The molecule has 0 aliphatic carbocycles. The zero-order valence-electron chi connectivity index (χ0n) is 10.6. The van der Waals surface area contributed by atoms with Crippen LogP contribution >= 0.6 is 11.8 Å². The van der Waals surface area contributed by atoms with Crippen LogP contribution < -0.4 is 5.32 Å². The van der Waals surface area contributed by atoms with Crippen molar-refractivity contribution in [3.63, 3.8) is 0 Å². The molecule has 106 valence electrons. The van der Waals surface area contributed by atoms with Crippen LogP contribution in [-0.2, 0) is 4.74 Å². The molecule has 1 saturated heterocycles. The Kier molecular flexibility index (Phi) is 5.78. The van der Waals surface area contributed by atoms with E-state index < -0.39 is 12.8 Å². The van der Waals surface area contributed by atoms with Crippen LogP contribution in [0.4, 0.5) is 13.2 Å². The van der Waals surface area contributed by atoms with E-state index in [0.717, 1.165) is 23.8 Å². The molecule has 1 unspecified atom stereocenters. The van der Waals surface area contributed by atoms with E-state index in [1.165, 1.54) is 0 Å². The van der Waals surface area contributed by atoms with E-state index in [1.54, 1.807) is 11.8 Å². The van der Waals surface area contributed by atoms with Crippen molar-refractivity contribution >= 4 is 16.9 Å². The average Bonchev–Trinajstić information content (AvgIpc) is 2.27. The molecule has 1 aliphatic heterocycles. The second-order valence-corrected chi connectivity index (χ2v) is 5.58. The summed E-state index contributed by atoms with van der Waals surface area (Å²) in [5, 5.41) is 4.13. The number of halogens is 3. The number of ether oxygens (including phenoxy) is 1. The molecule has 18 heavy (non-hydrogen) atoms. The minimum Gasteiger partial charge on any atom is -0.370 e. The molecule has 0 aromatic carbocycles. The standard InChI is InChI=1S/C11H19F3N2OS/c1-3-10(2)4-7-18-9(16-10)15-5-6-17-8-11(12,13)14/h3-8H2,1-2H3,(H,15,16). The molecule has 0 radical (unpaired) electrons. The summed E-state index contributed by atoms with van der Waals surface area (Å²) in [4.78, 5) is 4.22. The predicted octanol–water partition coefficient (Wildman–Crippen LogP) is 2.82. The molecule has 0 spiro atoms. The van der Waals surface area contributed by atoms with Crippen LogP contribution in [0.25, 0.3) is 0 Å². The van der Waals surface area contributed by atoms with Crippen LogP contribution in [0, 0.1) is 0 Å². The first kappa shape index (κ1) is 15.6. The number of alkyl halides is 3. The third-order valence-electron chi connectivity index (χ3n) is 2.84. The highest BCUT2D eigenvalue weighted by Crippen LogP contribution is 2.24. The SMILES string of the molecule is CCC1(C)CCSC(=NCCOCC(F)(F)F)N1. The molecular weight excluding hydrogens is 265 g/mol. The Bertz CT molecular complexity index is 297. The zero-order chi connectivity index (χ0) is 13.6. The Morgan fingerprint density at radius 1 is 1.50 bits per heavy atom. The van der Waals surface area contributed by atoms with E-state index in [4.69, 9.17) is 0 Å². The van der Waals surface area contributed by atoms with Gasteiger partial charge < -0.3 is 10.1 Å². The summed E-state index contributed by atoms with van der Waals surface area (Å²) in [5.74, 6) is 0.986. The third-order valence-corrected chi connectivity index (χ3v) is 3.75. The Morgan fingerprint density at radius 2 is 2.22 bits per heavy atom. The van der Waals surface area contributed by atoms with E-state index in [2.05, 4.69) is 28.9 Å². The maximum atomic E-state index is 11.8. The molecule has 0 amide bonds. The lowest BCUT2D eigenvalue weighted by Gasteiger charge is -2.35. The monoisotopic (exact) mass is 284 g/mol. The van der Waals surface area contributed by atoms with Crippen molar-refractivity contribution in [1.29, 1.82) is 0 Å². The zero-order valence-corrected chi connectivity index (χ0v) is 11.5. The summed E-state index contributed by atoms with van der Waals surface area (Å²) in [6.07, 6.45) is -2.19. The quantitative estimate of drug-likeness (QED) is 0.788. The van der Waals surface area contributed by atoms with Gasteiger partial charge in [0, 0.05) is 11.3 Å². The van der Waals surface area contributed by atoms with Gasteiger partial charge in [0.1, 0.15) is 6.61 Å². The molecule has 1 atom stereocenters. The van der Waals surface area contributed by atoms with E-state index in [-0.39, 0.29) is 18.7 Å². The van der Waals surface area contributed by atoms with E-state index in [9.17, 15) is 13.2 Å². The summed E-state index contributed by atoms with van der Waals surface area (Å²) in [5.41, 5.74) is 0.0525. The van der Waals surface area contributed by atoms with Gasteiger partial charge in [-0.3, -0.25) is 4.99 Å². The fourth-order valence-corrected chi connectivity index (χ4v) is 2.73. The van der Waals surface area contributed by atoms with Crippen molar-refractivity contribution in [2.24, 2.45) is 4.99 Å². The molecule has 0 saturated carbocycles.